The van der Waals surface area contributed by atoms with E-state index in [1.807, 2.05) is 0 Å². The molecule has 0 bridgehead atoms. The van der Waals surface area contributed by atoms with Crippen LogP contribution in [-0.2, 0) is 6.42 Å². The number of carboxylic acids is 1. The van der Waals surface area contributed by atoms with E-state index in [4.69, 9.17) is 5.11 Å². The number of carbonyl (C=O) groups is 1. The number of aromatic carboxylic acids is 1. The SMILES string of the molecule is CCCCc1nc2ccc(C(=O)O)cc2s1. The number of benzene rings is 1. The molecule has 3 nitrogen and oxygen atoms in total. The molecule has 16 heavy (non-hydrogen) atoms. The Morgan fingerprint density at radius 2 is 2.31 bits per heavy atom. The van der Waals surface area contributed by atoms with Gasteiger partial charge in [-0.25, -0.2) is 9.78 Å². The van der Waals surface area contributed by atoms with Crippen LogP contribution in [0.3, 0.4) is 0 Å². The molecule has 0 fully saturated rings. The summed E-state index contributed by atoms with van der Waals surface area (Å²) < 4.78 is 0.964. The lowest BCUT2D eigenvalue weighted by Gasteiger charge is -1.91. The van der Waals surface area contributed by atoms with Crippen LogP contribution >= 0.6 is 11.3 Å². The van der Waals surface area contributed by atoms with Crippen LogP contribution in [0.15, 0.2) is 18.2 Å². The number of aryl methyl sites for hydroxylation is 1. The fourth-order valence-corrected chi connectivity index (χ4v) is 2.59. The Kier molecular flexibility index (Phi) is 3.19. The van der Waals surface area contributed by atoms with Crippen molar-refractivity contribution in [1.82, 2.24) is 4.98 Å². The molecular weight excluding hydrogens is 222 g/mol. The maximum absolute atomic E-state index is 10.8. The van der Waals surface area contributed by atoms with Crippen LogP contribution < -0.4 is 0 Å². The summed E-state index contributed by atoms with van der Waals surface area (Å²) in [4.78, 5) is 15.3. The molecule has 84 valence electrons. The number of rotatable bonds is 4. The van der Waals surface area contributed by atoms with E-state index in [-0.39, 0.29) is 0 Å². The average Bonchev–Trinajstić information content (AvgIpc) is 2.67. The second-order valence-corrected chi connectivity index (χ2v) is 4.81. The van der Waals surface area contributed by atoms with E-state index in [9.17, 15) is 4.79 Å². The molecule has 0 aliphatic heterocycles. The van der Waals surface area contributed by atoms with Gasteiger partial charge in [-0.3, -0.25) is 0 Å². The Morgan fingerprint density at radius 1 is 1.50 bits per heavy atom. The molecule has 0 unspecified atom stereocenters. The second kappa shape index (κ2) is 4.61. The second-order valence-electron chi connectivity index (χ2n) is 3.70. The Balaban J connectivity index is 2.34. The predicted octanol–water partition coefficient (Wildman–Crippen LogP) is 3.34. The van der Waals surface area contributed by atoms with Gasteiger partial charge in [0.05, 0.1) is 20.8 Å². The molecule has 0 aliphatic carbocycles. The summed E-state index contributed by atoms with van der Waals surface area (Å²) >= 11 is 1.59. The van der Waals surface area contributed by atoms with Crippen molar-refractivity contribution >= 4 is 27.5 Å². The molecule has 0 saturated carbocycles. The zero-order valence-corrected chi connectivity index (χ0v) is 9.88. The zero-order chi connectivity index (χ0) is 11.5. The predicted molar refractivity (Wildman–Crippen MR) is 65.2 cm³/mol. The third kappa shape index (κ3) is 2.22. The van der Waals surface area contributed by atoms with Crippen LogP contribution in [0.4, 0.5) is 0 Å². The van der Waals surface area contributed by atoms with E-state index in [2.05, 4.69) is 11.9 Å². The monoisotopic (exact) mass is 235 g/mol. The Hall–Kier alpha value is -1.42. The third-order valence-corrected chi connectivity index (χ3v) is 3.50. The van der Waals surface area contributed by atoms with Gasteiger partial charge in [-0.2, -0.15) is 0 Å². The minimum atomic E-state index is -0.884. The summed E-state index contributed by atoms with van der Waals surface area (Å²) in [6.07, 6.45) is 3.26. The van der Waals surface area contributed by atoms with Crippen LogP contribution in [0.25, 0.3) is 10.2 Å². The van der Waals surface area contributed by atoms with Crippen molar-refractivity contribution < 1.29 is 9.90 Å². The van der Waals surface area contributed by atoms with E-state index in [1.165, 1.54) is 0 Å². The van der Waals surface area contributed by atoms with Gasteiger partial charge in [0.15, 0.2) is 0 Å². The molecule has 1 aromatic heterocycles. The number of unbranched alkanes of at least 4 members (excludes halogenated alkanes) is 1. The van der Waals surface area contributed by atoms with Gasteiger partial charge in [0, 0.05) is 0 Å². The quantitative estimate of drug-likeness (QED) is 0.884. The lowest BCUT2D eigenvalue weighted by molar-refractivity contribution is 0.0697. The van der Waals surface area contributed by atoms with Gasteiger partial charge in [-0.05, 0) is 31.0 Å². The summed E-state index contributed by atoms with van der Waals surface area (Å²) in [6.45, 7) is 2.15. The smallest absolute Gasteiger partial charge is 0.335 e. The normalized spacial score (nSPS) is 10.8. The lowest BCUT2D eigenvalue weighted by atomic mass is 10.2. The highest BCUT2D eigenvalue weighted by Gasteiger charge is 2.07. The number of carboxylic acid groups (broad SMARTS) is 1. The van der Waals surface area contributed by atoms with Crippen LogP contribution in [-0.4, -0.2) is 16.1 Å². The molecule has 4 heteroatoms. The van der Waals surface area contributed by atoms with Gasteiger partial charge in [0.1, 0.15) is 0 Å². The maximum Gasteiger partial charge on any atom is 0.335 e. The maximum atomic E-state index is 10.8. The molecule has 1 aromatic carbocycles. The third-order valence-electron chi connectivity index (χ3n) is 2.42. The molecule has 0 atom stereocenters. The van der Waals surface area contributed by atoms with E-state index < -0.39 is 5.97 Å². The molecule has 2 aromatic rings. The zero-order valence-electron chi connectivity index (χ0n) is 9.06. The lowest BCUT2D eigenvalue weighted by Crippen LogP contribution is -1.94. The molecule has 2 rings (SSSR count). The highest BCUT2D eigenvalue weighted by Crippen LogP contribution is 2.24. The summed E-state index contributed by atoms with van der Waals surface area (Å²) in [7, 11) is 0. The van der Waals surface area contributed by atoms with Gasteiger partial charge in [-0.1, -0.05) is 13.3 Å². The summed E-state index contributed by atoms with van der Waals surface area (Å²) in [6, 6.07) is 5.09. The van der Waals surface area contributed by atoms with Gasteiger partial charge in [0.25, 0.3) is 0 Å². The molecule has 1 heterocycles. The Morgan fingerprint density at radius 3 is 3.00 bits per heavy atom. The number of fused-ring (bicyclic) bond motifs is 1. The summed E-state index contributed by atoms with van der Waals surface area (Å²) in [5, 5.41) is 9.97. The van der Waals surface area contributed by atoms with Crippen molar-refractivity contribution in [3.63, 3.8) is 0 Å². The molecular formula is C12H13NO2S. The van der Waals surface area contributed by atoms with Gasteiger partial charge in [-0.15, -0.1) is 11.3 Å². The number of thiazole rings is 1. The first-order valence-electron chi connectivity index (χ1n) is 5.33. The van der Waals surface area contributed by atoms with Gasteiger partial charge >= 0.3 is 5.97 Å². The highest BCUT2D eigenvalue weighted by molar-refractivity contribution is 7.18. The fraction of sp³-hybridized carbons (Fsp3) is 0.333. The minimum absolute atomic E-state index is 0.332. The first-order valence-corrected chi connectivity index (χ1v) is 6.15. The fourth-order valence-electron chi connectivity index (χ4n) is 1.54. The summed E-state index contributed by atoms with van der Waals surface area (Å²) in [5.74, 6) is -0.884. The standard InChI is InChI=1S/C12H13NO2S/c1-2-3-4-11-13-9-6-5-8(12(14)15)7-10(9)16-11/h5-7H,2-4H2,1H3,(H,14,15). The van der Waals surface area contributed by atoms with E-state index in [1.54, 1.807) is 29.5 Å². The van der Waals surface area contributed by atoms with Crippen molar-refractivity contribution in [2.24, 2.45) is 0 Å². The number of hydrogen-bond donors (Lipinski definition) is 1. The average molecular weight is 235 g/mol. The van der Waals surface area contributed by atoms with Gasteiger partial charge < -0.3 is 5.11 Å². The highest BCUT2D eigenvalue weighted by atomic mass is 32.1. The van der Waals surface area contributed by atoms with E-state index >= 15 is 0 Å². The topological polar surface area (TPSA) is 50.2 Å². The van der Waals surface area contributed by atoms with Crippen molar-refractivity contribution in [1.29, 1.82) is 0 Å². The number of hydrogen-bond acceptors (Lipinski definition) is 3. The van der Waals surface area contributed by atoms with Crippen molar-refractivity contribution in [2.75, 3.05) is 0 Å². The molecule has 0 amide bonds. The Bertz CT molecular complexity index is 519. The van der Waals surface area contributed by atoms with Crippen molar-refractivity contribution in [3.8, 4) is 0 Å². The number of nitrogens with zero attached hydrogens (tertiary/aromatic N) is 1. The largest absolute Gasteiger partial charge is 0.478 e. The van der Waals surface area contributed by atoms with Crippen LogP contribution in [0.5, 0.6) is 0 Å². The van der Waals surface area contributed by atoms with E-state index in [0.717, 1.165) is 34.5 Å². The molecule has 0 saturated heterocycles. The van der Waals surface area contributed by atoms with Crippen molar-refractivity contribution in [2.45, 2.75) is 26.2 Å². The van der Waals surface area contributed by atoms with Crippen LogP contribution in [0.2, 0.25) is 0 Å². The molecule has 0 radical (unpaired) electrons. The Labute approximate surface area is 97.8 Å². The van der Waals surface area contributed by atoms with Gasteiger partial charge in [0.2, 0.25) is 0 Å². The van der Waals surface area contributed by atoms with E-state index in [0.29, 0.717) is 5.56 Å². The van der Waals surface area contributed by atoms with Crippen molar-refractivity contribution in [3.05, 3.63) is 28.8 Å². The molecule has 0 aliphatic rings. The summed E-state index contributed by atoms with van der Waals surface area (Å²) in [5.41, 5.74) is 1.24. The molecule has 1 N–H and O–H groups in total. The first-order chi connectivity index (χ1) is 7.70. The molecule has 0 spiro atoms. The first kappa shape index (κ1) is 11.1. The van der Waals surface area contributed by atoms with Crippen LogP contribution in [0, 0.1) is 0 Å². The number of aromatic nitrogens is 1. The minimum Gasteiger partial charge on any atom is -0.478 e. The van der Waals surface area contributed by atoms with Crippen LogP contribution in [0.1, 0.15) is 35.1 Å².